The minimum atomic E-state index is -2.16. The number of carbonyl (C=O) groups excluding carboxylic acids is 4. The number of hydrogen-bond acceptors (Lipinski definition) is 10. The van der Waals surface area contributed by atoms with E-state index < -0.39 is 94.1 Å². The summed E-state index contributed by atoms with van der Waals surface area (Å²) >= 11 is 0. The van der Waals surface area contributed by atoms with Gasteiger partial charge in [-0.3, -0.25) is 14.4 Å². The number of rotatable bonds is 4. The van der Waals surface area contributed by atoms with Crippen LogP contribution in [0.25, 0.3) is 0 Å². The van der Waals surface area contributed by atoms with Gasteiger partial charge in [-0.1, -0.05) is 45.9 Å². The highest BCUT2D eigenvalue weighted by atomic mass is 16.6. The molecule has 4 N–H and O–H groups in total. The molecule has 3 aliphatic rings. The minimum Gasteiger partial charge on any atom is -0.456 e. The number of esters is 2. The fourth-order valence-corrected chi connectivity index (χ4v) is 7.94. The molecule has 0 aliphatic heterocycles. The van der Waals surface area contributed by atoms with Gasteiger partial charge < -0.3 is 29.9 Å². The Labute approximate surface area is 233 Å². The molecule has 0 radical (unpaired) electrons. The standard InChI is InChI=1S/C30H40O10/c1-7-29(40-16(3)31)20(34)13-19(33)28(6)23(29)25(39-26(37)17-11-9-8-10-12-17)30(38)14-18(32)15(2)21(27(30,4)5)22(35)24(28)36/h8-12,15,18-21,23,25,32-34,38H,7,13-14H2,1-6H3/t15?,18-,19-,20+,21?,23-,25-,28+,29-,30+/m0/s1. The average molecular weight is 561 g/mol. The van der Waals surface area contributed by atoms with Crippen LogP contribution in [-0.4, -0.2) is 79.5 Å². The first kappa shape index (κ1) is 30.3. The van der Waals surface area contributed by atoms with Gasteiger partial charge in [0.25, 0.3) is 0 Å². The average Bonchev–Trinajstić information content (AvgIpc) is 2.89. The van der Waals surface area contributed by atoms with Crippen LogP contribution in [0.15, 0.2) is 30.3 Å². The first-order valence-corrected chi connectivity index (χ1v) is 13.8. The van der Waals surface area contributed by atoms with Crippen LogP contribution in [0.2, 0.25) is 0 Å². The lowest BCUT2D eigenvalue weighted by molar-refractivity contribution is -0.296. The molecule has 0 aromatic heterocycles. The molecule has 0 amide bonds. The quantitative estimate of drug-likeness (QED) is 0.314. The van der Waals surface area contributed by atoms with Crippen LogP contribution < -0.4 is 0 Å². The van der Waals surface area contributed by atoms with Gasteiger partial charge in [-0.2, -0.15) is 0 Å². The molecule has 220 valence electrons. The van der Waals surface area contributed by atoms with Crippen LogP contribution in [0.4, 0.5) is 0 Å². The maximum Gasteiger partial charge on any atom is 0.338 e. The molecule has 3 saturated carbocycles. The Kier molecular flexibility index (Phi) is 7.58. The zero-order chi connectivity index (χ0) is 30.0. The molecular weight excluding hydrogens is 520 g/mol. The molecule has 3 fully saturated rings. The molecule has 4 rings (SSSR count). The summed E-state index contributed by atoms with van der Waals surface area (Å²) in [6.45, 7) is 8.82. The second-order valence-corrected chi connectivity index (χ2v) is 12.6. The summed E-state index contributed by atoms with van der Waals surface area (Å²) in [5, 5.41) is 46.6. The molecule has 0 spiro atoms. The molecule has 2 bridgehead atoms. The van der Waals surface area contributed by atoms with Gasteiger partial charge in [-0.15, -0.1) is 0 Å². The van der Waals surface area contributed by atoms with E-state index in [1.54, 1.807) is 45.9 Å². The molecule has 10 atom stereocenters. The van der Waals surface area contributed by atoms with E-state index in [4.69, 9.17) is 9.47 Å². The van der Waals surface area contributed by atoms with Crippen LogP contribution >= 0.6 is 0 Å². The number of hydrogen-bond donors (Lipinski definition) is 4. The van der Waals surface area contributed by atoms with Crippen molar-refractivity contribution in [2.24, 2.45) is 28.6 Å². The molecule has 0 heterocycles. The molecule has 1 aromatic carbocycles. The summed E-state index contributed by atoms with van der Waals surface area (Å²) in [4.78, 5) is 54.4. The van der Waals surface area contributed by atoms with Crippen LogP contribution in [0.5, 0.6) is 0 Å². The number of ketones is 2. The van der Waals surface area contributed by atoms with Crippen LogP contribution in [0.1, 0.15) is 71.2 Å². The van der Waals surface area contributed by atoms with Crippen molar-refractivity contribution in [3.8, 4) is 0 Å². The Balaban J connectivity index is 2.09. The SMILES string of the molecule is CC[C@]1(OC(C)=O)[C@H](O)C[C@H](O)[C@@]2(C)C(=O)C(=O)C3C(C)[C@@H](O)C[C@@](O)([C@@H](OC(=O)c4ccccc4)[C@H]12)C3(C)C. The normalized spacial score (nSPS) is 42.7. The predicted octanol–water partition coefficient (Wildman–Crippen LogP) is 1.60. The molecule has 1 aromatic rings. The Morgan fingerprint density at radius 1 is 1.02 bits per heavy atom. The van der Waals surface area contributed by atoms with E-state index in [1.165, 1.54) is 19.1 Å². The number of benzene rings is 1. The summed E-state index contributed by atoms with van der Waals surface area (Å²) in [6.07, 6.45) is -6.95. The largest absolute Gasteiger partial charge is 0.456 e. The first-order chi connectivity index (χ1) is 18.5. The Hall–Kier alpha value is -2.66. The highest BCUT2D eigenvalue weighted by Crippen LogP contribution is 2.62. The van der Waals surface area contributed by atoms with Gasteiger partial charge in [-0.05, 0) is 31.4 Å². The van der Waals surface area contributed by atoms with Gasteiger partial charge in [0.15, 0.2) is 0 Å². The van der Waals surface area contributed by atoms with Crippen LogP contribution in [-0.2, 0) is 23.9 Å². The van der Waals surface area contributed by atoms with Gasteiger partial charge in [0.1, 0.15) is 17.3 Å². The smallest absolute Gasteiger partial charge is 0.338 e. The van der Waals surface area contributed by atoms with E-state index in [9.17, 15) is 39.6 Å². The van der Waals surface area contributed by atoms with Gasteiger partial charge in [0.2, 0.25) is 11.6 Å². The zero-order valence-electron chi connectivity index (χ0n) is 23.8. The third-order valence-corrected chi connectivity index (χ3v) is 10.3. The lowest BCUT2D eigenvalue weighted by Crippen LogP contribution is -2.79. The second-order valence-electron chi connectivity index (χ2n) is 12.6. The summed E-state index contributed by atoms with van der Waals surface area (Å²) in [5.74, 6) is -7.07. The van der Waals surface area contributed by atoms with Gasteiger partial charge in [-0.25, -0.2) is 4.79 Å². The number of carbonyl (C=O) groups is 4. The summed E-state index contributed by atoms with van der Waals surface area (Å²) in [6, 6.07) is 7.93. The number of fused-ring (bicyclic) bond motifs is 3. The number of ether oxygens (including phenoxy) is 2. The Bertz CT molecular complexity index is 1200. The molecule has 10 heteroatoms. The van der Waals surface area contributed by atoms with E-state index in [1.807, 2.05) is 0 Å². The van der Waals surface area contributed by atoms with E-state index in [2.05, 4.69) is 0 Å². The monoisotopic (exact) mass is 560 g/mol. The summed E-state index contributed by atoms with van der Waals surface area (Å²) < 4.78 is 11.9. The summed E-state index contributed by atoms with van der Waals surface area (Å²) in [7, 11) is 0. The van der Waals surface area contributed by atoms with Crippen molar-refractivity contribution in [3.05, 3.63) is 35.9 Å². The zero-order valence-corrected chi connectivity index (χ0v) is 23.8. The molecule has 10 nitrogen and oxygen atoms in total. The number of aliphatic hydroxyl groups is 4. The maximum atomic E-state index is 14.3. The number of Topliss-reactive ketones (excluding diaryl/α,β-unsaturated/α-hetero) is 2. The lowest BCUT2D eigenvalue weighted by atomic mass is 9.43. The van der Waals surface area contributed by atoms with Crippen molar-refractivity contribution in [3.63, 3.8) is 0 Å². The van der Waals surface area contributed by atoms with Crippen molar-refractivity contribution >= 4 is 23.5 Å². The fraction of sp³-hybridized carbons (Fsp3) is 0.667. The van der Waals surface area contributed by atoms with E-state index in [-0.39, 0.29) is 18.4 Å². The van der Waals surface area contributed by atoms with E-state index >= 15 is 0 Å². The first-order valence-electron chi connectivity index (χ1n) is 13.8. The maximum absolute atomic E-state index is 14.3. The van der Waals surface area contributed by atoms with Crippen molar-refractivity contribution in [2.45, 2.75) is 96.4 Å². The van der Waals surface area contributed by atoms with E-state index in [0.29, 0.717) is 0 Å². The van der Waals surface area contributed by atoms with Crippen LogP contribution in [0.3, 0.4) is 0 Å². The topological polar surface area (TPSA) is 168 Å². The molecule has 3 aliphatic carbocycles. The molecule has 2 unspecified atom stereocenters. The minimum absolute atomic E-state index is 0.0968. The molecule has 40 heavy (non-hydrogen) atoms. The highest BCUT2D eigenvalue weighted by Gasteiger charge is 2.76. The van der Waals surface area contributed by atoms with Gasteiger partial charge in [0, 0.05) is 31.1 Å². The highest BCUT2D eigenvalue weighted by molar-refractivity contribution is 6.40. The summed E-state index contributed by atoms with van der Waals surface area (Å²) in [5.41, 5.74) is -7.45. The van der Waals surface area contributed by atoms with Crippen LogP contribution in [0, 0.1) is 28.6 Å². The van der Waals surface area contributed by atoms with E-state index in [0.717, 1.165) is 6.92 Å². The third-order valence-electron chi connectivity index (χ3n) is 10.3. The third kappa shape index (κ3) is 4.06. The number of aliphatic hydroxyl groups excluding tert-OH is 3. The van der Waals surface area contributed by atoms with Crippen molar-refractivity contribution in [1.29, 1.82) is 0 Å². The Morgan fingerprint density at radius 3 is 2.17 bits per heavy atom. The van der Waals surface area contributed by atoms with Crippen molar-refractivity contribution in [2.75, 3.05) is 0 Å². The predicted molar refractivity (Wildman–Crippen MR) is 141 cm³/mol. The molecular formula is C30H40O10. The Morgan fingerprint density at radius 2 is 1.62 bits per heavy atom. The fourth-order valence-electron chi connectivity index (χ4n) is 7.94. The van der Waals surface area contributed by atoms with Crippen molar-refractivity contribution in [1.82, 2.24) is 0 Å². The van der Waals surface area contributed by atoms with Gasteiger partial charge >= 0.3 is 11.9 Å². The van der Waals surface area contributed by atoms with Crippen molar-refractivity contribution < 1.29 is 49.1 Å². The second kappa shape index (κ2) is 10.0. The lowest BCUT2D eigenvalue weighted by Gasteiger charge is -2.65. The molecule has 0 saturated heterocycles. The van der Waals surface area contributed by atoms with Gasteiger partial charge in [0.05, 0.1) is 35.2 Å².